The number of piperazine rings is 1. The normalized spacial score (nSPS) is 25.0. The van der Waals surface area contributed by atoms with Crippen molar-refractivity contribution in [1.82, 2.24) is 24.5 Å². The Labute approximate surface area is 165 Å². The van der Waals surface area contributed by atoms with Crippen LogP contribution in [-0.2, 0) is 0 Å². The molecule has 2 aromatic heterocycles. The summed E-state index contributed by atoms with van der Waals surface area (Å²) >= 11 is 0. The Morgan fingerprint density at radius 1 is 1.14 bits per heavy atom. The van der Waals surface area contributed by atoms with E-state index in [-0.39, 0.29) is 12.1 Å². The van der Waals surface area contributed by atoms with Crippen molar-refractivity contribution in [3.63, 3.8) is 0 Å². The summed E-state index contributed by atoms with van der Waals surface area (Å²) < 4.78 is 7.70. The zero-order valence-corrected chi connectivity index (χ0v) is 16.3. The number of aromatic nitrogens is 2. The number of rotatable bonds is 3. The summed E-state index contributed by atoms with van der Waals surface area (Å²) in [5.74, 6) is 1.11. The molecule has 1 atom stereocenters. The molecule has 1 unspecified atom stereocenters. The number of hydrogen-bond acceptors (Lipinski definition) is 5. The molecule has 0 bridgehead atoms. The summed E-state index contributed by atoms with van der Waals surface area (Å²) in [6.07, 6.45) is 11.5. The SMILES string of the molecule is O=C(Oc1ccn2ccnc2c1)N1CCN(C2CCC2)CC1C1CCNCC1. The highest BCUT2D eigenvalue weighted by molar-refractivity contribution is 5.71. The quantitative estimate of drug-likeness (QED) is 0.882. The van der Waals surface area contributed by atoms with Gasteiger partial charge >= 0.3 is 6.09 Å². The van der Waals surface area contributed by atoms with Crippen molar-refractivity contribution >= 4 is 11.7 Å². The molecule has 1 aliphatic carbocycles. The van der Waals surface area contributed by atoms with E-state index in [1.165, 1.54) is 19.3 Å². The van der Waals surface area contributed by atoms with Crippen molar-refractivity contribution < 1.29 is 9.53 Å². The van der Waals surface area contributed by atoms with Gasteiger partial charge in [0.2, 0.25) is 0 Å². The van der Waals surface area contributed by atoms with Crippen molar-refractivity contribution in [1.29, 1.82) is 0 Å². The first-order chi connectivity index (χ1) is 13.8. The second-order valence-electron chi connectivity index (χ2n) is 8.35. The monoisotopic (exact) mass is 383 g/mol. The van der Waals surface area contributed by atoms with E-state index in [9.17, 15) is 4.79 Å². The third-order valence-electron chi connectivity index (χ3n) is 6.78. The van der Waals surface area contributed by atoms with E-state index in [4.69, 9.17) is 4.74 Å². The van der Waals surface area contributed by atoms with Gasteiger partial charge in [0.1, 0.15) is 11.4 Å². The number of ether oxygens (including phenoxy) is 1. The van der Waals surface area contributed by atoms with Gasteiger partial charge in [-0.25, -0.2) is 9.78 Å². The van der Waals surface area contributed by atoms with Gasteiger partial charge in [0.05, 0.1) is 6.04 Å². The Kier molecular flexibility index (Phi) is 4.94. The summed E-state index contributed by atoms with van der Waals surface area (Å²) in [7, 11) is 0. The average Bonchev–Trinajstić information content (AvgIpc) is 3.15. The minimum absolute atomic E-state index is 0.215. The fraction of sp³-hybridized carbons (Fsp3) is 0.619. The number of nitrogens with zero attached hydrogens (tertiary/aromatic N) is 4. The molecule has 150 valence electrons. The molecular weight excluding hydrogens is 354 g/mol. The third-order valence-corrected chi connectivity index (χ3v) is 6.78. The van der Waals surface area contributed by atoms with E-state index >= 15 is 0 Å². The number of fused-ring (bicyclic) bond motifs is 1. The topological polar surface area (TPSA) is 62.1 Å². The van der Waals surface area contributed by atoms with Crippen molar-refractivity contribution in [2.45, 2.75) is 44.2 Å². The molecule has 1 N–H and O–H groups in total. The first-order valence-corrected chi connectivity index (χ1v) is 10.6. The number of piperidine rings is 1. The highest BCUT2D eigenvalue weighted by Gasteiger charge is 2.40. The lowest BCUT2D eigenvalue weighted by atomic mass is 9.85. The summed E-state index contributed by atoms with van der Waals surface area (Å²) in [5, 5.41) is 3.45. The molecule has 3 aliphatic rings. The predicted molar refractivity (Wildman–Crippen MR) is 107 cm³/mol. The Morgan fingerprint density at radius 3 is 2.79 bits per heavy atom. The van der Waals surface area contributed by atoms with Crippen LogP contribution in [0.1, 0.15) is 32.1 Å². The molecule has 2 saturated heterocycles. The minimum atomic E-state index is -0.215. The maximum atomic E-state index is 13.1. The van der Waals surface area contributed by atoms with E-state index < -0.39 is 0 Å². The maximum absolute atomic E-state index is 13.1. The molecule has 2 aliphatic heterocycles. The lowest BCUT2D eigenvalue weighted by Crippen LogP contribution is -2.62. The van der Waals surface area contributed by atoms with Crippen LogP contribution in [-0.4, -0.2) is 70.1 Å². The fourth-order valence-corrected chi connectivity index (χ4v) is 4.89. The minimum Gasteiger partial charge on any atom is -0.410 e. The van der Waals surface area contributed by atoms with Crippen LogP contribution < -0.4 is 10.1 Å². The number of hydrogen-bond donors (Lipinski definition) is 1. The van der Waals surface area contributed by atoms with Gasteiger partial charge in [0, 0.05) is 50.3 Å². The molecule has 7 nitrogen and oxygen atoms in total. The molecule has 28 heavy (non-hydrogen) atoms. The van der Waals surface area contributed by atoms with Crippen LogP contribution in [0, 0.1) is 5.92 Å². The molecule has 1 amide bonds. The molecule has 0 aromatic carbocycles. The van der Waals surface area contributed by atoms with Crippen LogP contribution >= 0.6 is 0 Å². The predicted octanol–water partition coefficient (Wildman–Crippen LogP) is 2.37. The van der Waals surface area contributed by atoms with Crippen molar-refractivity contribution in [2.75, 3.05) is 32.7 Å². The van der Waals surface area contributed by atoms with Crippen LogP contribution in [0.5, 0.6) is 5.75 Å². The van der Waals surface area contributed by atoms with Crippen LogP contribution in [0.15, 0.2) is 30.7 Å². The molecule has 4 heterocycles. The van der Waals surface area contributed by atoms with E-state index in [2.05, 4.69) is 15.2 Å². The van der Waals surface area contributed by atoms with Gasteiger partial charge < -0.3 is 19.4 Å². The fourth-order valence-electron chi connectivity index (χ4n) is 4.89. The zero-order valence-electron chi connectivity index (χ0n) is 16.3. The Balaban J connectivity index is 1.32. The van der Waals surface area contributed by atoms with Gasteiger partial charge in [0.25, 0.3) is 0 Å². The van der Waals surface area contributed by atoms with Crippen LogP contribution in [0.4, 0.5) is 4.79 Å². The van der Waals surface area contributed by atoms with Gasteiger partial charge in [-0.15, -0.1) is 0 Å². The lowest BCUT2D eigenvalue weighted by molar-refractivity contribution is 0.00479. The summed E-state index contributed by atoms with van der Waals surface area (Å²) in [6.45, 7) is 4.80. The second-order valence-corrected chi connectivity index (χ2v) is 8.35. The van der Waals surface area contributed by atoms with E-state index in [0.29, 0.717) is 11.7 Å². The molecule has 2 aromatic rings. The number of nitrogens with one attached hydrogen (secondary N) is 1. The average molecular weight is 383 g/mol. The molecule has 0 radical (unpaired) electrons. The summed E-state index contributed by atoms with van der Waals surface area (Å²) in [4.78, 5) is 22.0. The standard InChI is InChI=1S/C21H29N5O2/c27-21(28-18-6-10-24-11-9-23-20(24)14-18)26-13-12-25(17-2-1-3-17)15-19(26)16-4-7-22-8-5-16/h6,9-11,14,16-17,19,22H,1-5,7-8,12-13,15H2. The number of imidazole rings is 1. The molecular formula is C21H29N5O2. The van der Waals surface area contributed by atoms with Gasteiger partial charge in [-0.2, -0.15) is 0 Å². The smallest absolute Gasteiger partial charge is 0.410 e. The number of carbonyl (C=O) groups is 1. The Morgan fingerprint density at radius 2 is 2.00 bits per heavy atom. The van der Waals surface area contributed by atoms with Gasteiger partial charge in [-0.3, -0.25) is 4.90 Å². The van der Waals surface area contributed by atoms with Crippen molar-refractivity contribution in [3.8, 4) is 5.75 Å². The van der Waals surface area contributed by atoms with Crippen LogP contribution in [0.25, 0.3) is 5.65 Å². The third kappa shape index (κ3) is 3.49. The van der Waals surface area contributed by atoms with E-state index in [1.807, 2.05) is 33.8 Å². The van der Waals surface area contributed by atoms with E-state index in [0.717, 1.165) is 57.3 Å². The first-order valence-electron chi connectivity index (χ1n) is 10.6. The van der Waals surface area contributed by atoms with Gasteiger partial charge in [-0.1, -0.05) is 6.42 Å². The molecule has 0 spiro atoms. The maximum Gasteiger partial charge on any atom is 0.415 e. The molecule has 7 heteroatoms. The van der Waals surface area contributed by atoms with Crippen LogP contribution in [0.2, 0.25) is 0 Å². The van der Waals surface area contributed by atoms with Crippen LogP contribution in [0.3, 0.4) is 0 Å². The summed E-state index contributed by atoms with van der Waals surface area (Å²) in [5.41, 5.74) is 0.787. The summed E-state index contributed by atoms with van der Waals surface area (Å²) in [6, 6.07) is 4.63. The Hall–Kier alpha value is -2.12. The number of carbonyl (C=O) groups excluding carboxylic acids is 1. The first kappa shape index (κ1) is 17.9. The van der Waals surface area contributed by atoms with Gasteiger partial charge in [0.15, 0.2) is 0 Å². The van der Waals surface area contributed by atoms with Gasteiger partial charge in [-0.05, 0) is 50.8 Å². The van der Waals surface area contributed by atoms with E-state index in [1.54, 1.807) is 6.20 Å². The largest absolute Gasteiger partial charge is 0.415 e. The molecule has 3 fully saturated rings. The van der Waals surface area contributed by atoms with Crippen molar-refractivity contribution in [3.05, 3.63) is 30.7 Å². The molecule has 1 saturated carbocycles. The zero-order chi connectivity index (χ0) is 18.9. The number of pyridine rings is 1. The lowest BCUT2D eigenvalue weighted by Gasteiger charge is -2.49. The Bertz CT molecular complexity index is 827. The molecule has 5 rings (SSSR count). The highest BCUT2D eigenvalue weighted by Crippen LogP contribution is 2.31. The second kappa shape index (κ2) is 7.72. The van der Waals surface area contributed by atoms with Crippen molar-refractivity contribution in [2.24, 2.45) is 5.92 Å². The highest BCUT2D eigenvalue weighted by atomic mass is 16.6. The number of amides is 1.